The summed E-state index contributed by atoms with van der Waals surface area (Å²) < 4.78 is 5.06. The van der Waals surface area contributed by atoms with Crippen molar-refractivity contribution >= 4 is 6.09 Å². The number of nitrogens with zero attached hydrogens (tertiary/aromatic N) is 1. The molecule has 0 heterocycles. The molecule has 0 saturated heterocycles. The number of rotatable bonds is 1. The number of ether oxygens (including phenoxy) is 1. The van der Waals surface area contributed by atoms with Crippen molar-refractivity contribution in [3.63, 3.8) is 0 Å². The van der Waals surface area contributed by atoms with Crippen molar-refractivity contribution in [3.8, 4) is 6.07 Å². The summed E-state index contributed by atoms with van der Waals surface area (Å²) >= 11 is 0. The summed E-state index contributed by atoms with van der Waals surface area (Å²) in [5, 5.41) is 9.01. The first kappa shape index (κ1) is 14.0. The second-order valence-corrected chi connectivity index (χ2v) is 5.62. The standard InChI is InChI=1S/C13H22NO3/c1-13(2,3)17-12(16)14-8-10-4-6-11(9-15)7-5-10/h10-11,15H,4-7,9H2,1-3H3/q+1. The van der Waals surface area contributed by atoms with Gasteiger partial charge >= 0.3 is 6.09 Å². The van der Waals surface area contributed by atoms with Crippen LogP contribution in [0.5, 0.6) is 0 Å². The molecule has 1 aliphatic carbocycles. The molecule has 1 aliphatic rings. The van der Waals surface area contributed by atoms with Crippen LogP contribution < -0.4 is 0 Å². The predicted molar refractivity (Wildman–Crippen MR) is 66.0 cm³/mol. The van der Waals surface area contributed by atoms with E-state index in [9.17, 15) is 4.79 Å². The van der Waals surface area contributed by atoms with E-state index in [1.165, 1.54) is 0 Å². The van der Waals surface area contributed by atoms with Gasteiger partial charge in [-0.3, -0.25) is 0 Å². The van der Waals surface area contributed by atoms with Crippen LogP contribution in [0.1, 0.15) is 46.5 Å². The Morgan fingerprint density at radius 3 is 2.41 bits per heavy atom. The van der Waals surface area contributed by atoms with Gasteiger partial charge in [0.2, 0.25) is 0 Å². The maximum Gasteiger partial charge on any atom is 0.728 e. The minimum Gasteiger partial charge on any atom is -0.396 e. The molecule has 0 aliphatic heterocycles. The van der Waals surface area contributed by atoms with Gasteiger partial charge in [-0.2, -0.15) is 4.79 Å². The fraction of sp³-hybridized carbons (Fsp3) is 0.846. The molecule has 1 N–H and O–H groups in total. The lowest BCUT2D eigenvalue weighted by Crippen LogP contribution is -2.21. The van der Waals surface area contributed by atoms with Gasteiger partial charge in [-0.25, -0.2) is 0 Å². The van der Waals surface area contributed by atoms with E-state index < -0.39 is 11.7 Å². The minimum absolute atomic E-state index is 0.227. The summed E-state index contributed by atoms with van der Waals surface area (Å²) in [5.74, 6) is 0.639. The van der Waals surface area contributed by atoms with Crippen LogP contribution in [-0.2, 0) is 4.74 Å². The Hall–Kier alpha value is -1.08. The van der Waals surface area contributed by atoms with Gasteiger partial charge in [0.15, 0.2) is 0 Å². The van der Waals surface area contributed by atoms with Crippen molar-refractivity contribution in [1.29, 1.82) is 0 Å². The molecule has 17 heavy (non-hydrogen) atoms. The zero-order chi connectivity index (χ0) is 12.9. The number of aliphatic hydroxyl groups is 1. The Morgan fingerprint density at radius 1 is 1.35 bits per heavy atom. The molecule has 0 radical (unpaired) electrons. The Balaban J connectivity index is 2.38. The van der Waals surface area contributed by atoms with Gasteiger partial charge in [0, 0.05) is 6.61 Å². The molecule has 1 amide bonds. The normalized spacial score (nSPS) is 24.7. The first-order valence-corrected chi connectivity index (χ1v) is 6.21. The molecule has 0 bridgehead atoms. The van der Waals surface area contributed by atoms with E-state index in [0.717, 1.165) is 25.7 Å². The lowest BCUT2D eigenvalue weighted by Gasteiger charge is -2.21. The number of hydrogen-bond acceptors (Lipinski definition) is 3. The number of carbonyl (C=O) groups excluding carboxylic acids is 1. The second-order valence-electron chi connectivity index (χ2n) is 5.62. The van der Waals surface area contributed by atoms with E-state index in [-0.39, 0.29) is 12.5 Å². The van der Waals surface area contributed by atoms with Crippen LogP contribution in [0.25, 0.3) is 4.85 Å². The number of aliphatic hydroxyl groups excluding tert-OH is 1. The van der Waals surface area contributed by atoms with Gasteiger partial charge in [-0.05, 0) is 52.4 Å². The average Bonchev–Trinajstić information content (AvgIpc) is 2.25. The molecular weight excluding hydrogens is 218 g/mol. The number of amides is 1. The van der Waals surface area contributed by atoms with E-state index in [0.29, 0.717) is 5.92 Å². The highest BCUT2D eigenvalue weighted by molar-refractivity contribution is 5.79. The zero-order valence-electron chi connectivity index (χ0n) is 10.9. The van der Waals surface area contributed by atoms with Crippen LogP contribution in [0.4, 0.5) is 4.79 Å². The summed E-state index contributed by atoms with van der Waals surface area (Å²) in [7, 11) is 0. The Labute approximate surface area is 103 Å². The molecule has 0 atom stereocenters. The molecule has 4 heteroatoms. The van der Waals surface area contributed by atoms with E-state index in [4.69, 9.17) is 9.84 Å². The SMILES string of the molecule is CC(C)(C)OC(=O)[N+]#CC1CCC(CO)CC1. The molecular formula is C13H22NO3+. The highest BCUT2D eigenvalue weighted by atomic mass is 16.6. The van der Waals surface area contributed by atoms with E-state index in [2.05, 4.69) is 10.9 Å². The summed E-state index contributed by atoms with van der Waals surface area (Å²) in [6, 6.07) is 2.86. The Morgan fingerprint density at radius 2 is 1.94 bits per heavy atom. The molecule has 0 aromatic rings. The number of carbonyl (C=O) groups is 1. The van der Waals surface area contributed by atoms with Gasteiger partial charge in [-0.15, -0.1) is 0 Å². The van der Waals surface area contributed by atoms with E-state index >= 15 is 0 Å². The molecule has 1 saturated carbocycles. The van der Waals surface area contributed by atoms with Crippen molar-refractivity contribution in [1.82, 2.24) is 0 Å². The fourth-order valence-electron chi connectivity index (χ4n) is 1.90. The molecule has 0 aromatic heterocycles. The molecule has 0 aromatic carbocycles. The van der Waals surface area contributed by atoms with Crippen LogP contribution in [0.3, 0.4) is 0 Å². The van der Waals surface area contributed by atoms with Crippen molar-refractivity contribution < 1.29 is 14.6 Å². The van der Waals surface area contributed by atoms with Gasteiger partial charge in [-0.1, -0.05) is 0 Å². The first-order chi connectivity index (χ1) is 7.90. The maximum absolute atomic E-state index is 11.3. The van der Waals surface area contributed by atoms with Crippen LogP contribution in [0, 0.1) is 17.9 Å². The van der Waals surface area contributed by atoms with Crippen LogP contribution in [0.15, 0.2) is 0 Å². The lowest BCUT2D eigenvalue weighted by atomic mass is 9.83. The quantitative estimate of drug-likeness (QED) is 0.766. The molecule has 0 unspecified atom stereocenters. The highest BCUT2D eigenvalue weighted by Gasteiger charge is 2.26. The van der Waals surface area contributed by atoms with Crippen LogP contribution >= 0.6 is 0 Å². The lowest BCUT2D eigenvalue weighted by molar-refractivity contribution is 0.0664. The van der Waals surface area contributed by atoms with E-state index in [1.807, 2.05) is 20.8 Å². The molecule has 1 fully saturated rings. The van der Waals surface area contributed by atoms with Gasteiger partial charge < -0.3 is 9.84 Å². The summed E-state index contributed by atoms with van der Waals surface area (Å²) in [6.07, 6.45) is 3.28. The van der Waals surface area contributed by atoms with Crippen LogP contribution in [-0.4, -0.2) is 23.4 Å². The Bertz CT molecular complexity index is 314. The largest absolute Gasteiger partial charge is 0.728 e. The van der Waals surface area contributed by atoms with E-state index in [1.54, 1.807) is 0 Å². The van der Waals surface area contributed by atoms with Gasteiger partial charge in [0.1, 0.15) is 5.60 Å². The monoisotopic (exact) mass is 240 g/mol. The zero-order valence-corrected chi connectivity index (χ0v) is 10.9. The van der Waals surface area contributed by atoms with Crippen molar-refractivity contribution in [3.05, 3.63) is 4.85 Å². The third-order valence-electron chi connectivity index (χ3n) is 2.84. The van der Waals surface area contributed by atoms with Gasteiger partial charge in [0.05, 0.1) is 10.8 Å². The Kier molecular flexibility index (Phi) is 4.95. The predicted octanol–water partition coefficient (Wildman–Crippen LogP) is 3.05. The second kappa shape index (κ2) is 6.02. The third-order valence-corrected chi connectivity index (χ3v) is 2.84. The number of hydrogen-bond donors (Lipinski definition) is 1. The van der Waals surface area contributed by atoms with Crippen molar-refractivity contribution in [2.75, 3.05) is 6.61 Å². The minimum atomic E-state index is -0.568. The molecule has 4 nitrogen and oxygen atoms in total. The smallest absolute Gasteiger partial charge is 0.396 e. The third kappa shape index (κ3) is 5.69. The maximum atomic E-state index is 11.3. The average molecular weight is 240 g/mol. The van der Waals surface area contributed by atoms with Crippen molar-refractivity contribution in [2.24, 2.45) is 11.8 Å². The molecule has 1 rings (SSSR count). The summed E-state index contributed by atoms with van der Waals surface area (Å²) in [5.41, 5.74) is -0.503. The van der Waals surface area contributed by atoms with Crippen LogP contribution in [0.2, 0.25) is 0 Å². The fourth-order valence-corrected chi connectivity index (χ4v) is 1.90. The highest BCUT2D eigenvalue weighted by Crippen LogP contribution is 2.27. The summed E-state index contributed by atoms with van der Waals surface area (Å²) in [4.78, 5) is 15.0. The van der Waals surface area contributed by atoms with Crippen molar-refractivity contribution in [2.45, 2.75) is 52.1 Å². The summed E-state index contributed by atoms with van der Waals surface area (Å²) in [6.45, 7) is 5.70. The molecule has 96 valence electrons. The molecule has 0 spiro atoms. The van der Waals surface area contributed by atoms with Gasteiger partial charge in [0.25, 0.3) is 6.07 Å². The topological polar surface area (TPSA) is 50.9 Å². The first-order valence-electron chi connectivity index (χ1n) is 6.21.